The molecule has 0 saturated heterocycles. The average Bonchev–Trinajstić information content (AvgIpc) is 3.32. The van der Waals surface area contributed by atoms with Crippen LogP contribution in [0.3, 0.4) is 0 Å². The summed E-state index contributed by atoms with van der Waals surface area (Å²) in [7, 11) is 3.93. The molecule has 0 aliphatic heterocycles. The minimum atomic E-state index is -0.665. The summed E-state index contributed by atoms with van der Waals surface area (Å²) in [5, 5.41) is 0. The highest BCUT2D eigenvalue weighted by Crippen LogP contribution is 2.42. The summed E-state index contributed by atoms with van der Waals surface area (Å²) in [5.74, 6) is 0.618. The summed E-state index contributed by atoms with van der Waals surface area (Å²) in [5.41, 5.74) is 6.58. The average molecular weight is 585 g/mol. The molecule has 0 radical (unpaired) electrons. The molecule has 43 heavy (non-hydrogen) atoms. The number of unbranched alkanes of at least 4 members (excludes halogenated alkanes) is 1. The van der Waals surface area contributed by atoms with E-state index in [0.29, 0.717) is 12.2 Å². The van der Waals surface area contributed by atoms with Crippen molar-refractivity contribution in [3.63, 3.8) is 0 Å². The highest BCUT2D eigenvalue weighted by Gasteiger charge is 2.34. The van der Waals surface area contributed by atoms with Gasteiger partial charge in [-0.05, 0) is 90.4 Å². The number of fused-ring (bicyclic) bond motifs is 1. The lowest BCUT2D eigenvalue weighted by Crippen LogP contribution is -2.31. The molecule has 0 bridgehead atoms. The maximum absolute atomic E-state index is 13.7. The van der Waals surface area contributed by atoms with Crippen molar-refractivity contribution in [1.82, 2.24) is 19.0 Å². The first-order chi connectivity index (χ1) is 20.4. The number of aromatic nitrogens is 3. The lowest BCUT2D eigenvalue weighted by molar-refractivity contribution is 0.0525. The molecule has 2 aromatic heterocycles. The van der Waals surface area contributed by atoms with Crippen LogP contribution >= 0.6 is 0 Å². The number of carbonyl (C=O) groups excluding carboxylic acids is 1. The van der Waals surface area contributed by atoms with Gasteiger partial charge in [-0.25, -0.2) is 14.3 Å². The molecule has 0 N–H and O–H groups in total. The molecule has 2 heterocycles. The van der Waals surface area contributed by atoms with Gasteiger partial charge in [-0.2, -0.15) is 0 Å². The zero-order valence-electron chi connectivity index (χ0n) is 27.1. The number of aryl methyl sites for hydroxylation is 1. The first-order valence-electron chi connectivity index (χ1n) is 15.4. The molecular weight excluding hydrogens is 536 g/mol. The number of nitrogens with zero attached hydrogens (tertiary/aromatic N) is 4. The van der Waals surface area contributed by atoms with Crippen LogP contribution in [-0.2, 0) is 17.7 Å². The second kappa shape index (κ2) is 13.6. The van der Waals surface area contributed by atoms with Crippen molar-refractivity contribution < 1.29 is 9.53 Å². The van der Waals surface area contributed by atoms with Gasteiger partial charge in [0.1, 0.15) is 11.4 Å². The molecule has 4 rings (SSSR count). The Morgan fingerprint density at radius 1 is 1.28 bits per heavy atom. The molecule has 0 aromatic carbocycles. The van der Waals surface area contributed by atoms with Gasteiger partial charge in [0, 0.05) is 37.5 Å². The van der Waals surface area contributed by atoms with Crippen molar-refractivity contribution in [2.45, 2.75) is 97.6 Å². The second-order valence-corrected chi connectivity index (χ2v) is 13.1. The summed E-state index contributed by atoms with van der Waals surface area (Å²) >= 11 is 0. The standard InChI is InChI=1S/C36H48N4O3/c1-25-22-26(2)33-32(30(25)23-28-17-12-10-13-18-28)37-31(40(33)35(42)43-36(4,5)6)24-39-21-15-20-29(34(39)41)19-14-9-11-16-27(3)38(7)8/h10-12,15-17,20-21,26H,3,9,13-14,18-19,22-24H2,1-2,4-8H3/b16-11+. The third-order valence-corrected chi connectivity index (χ3v) is 8.06. The molecular formula is C36H48N4O3. The first-order valence-corrected chi connectivity index (χ1v) is 15.4. The van der Waals surface area contributed by atoms with Crippen molar-refractivity contribution in [3.8, 4) is 0 Å². The van der Waals surface area contributed by atoms with Crippen molar-refractivity contribution in [1.29, 1.82) is 0 Å². The molecule has 1 unspecified atom stereocenters. The lowest BCUT2D eigenvalue weighted by atomic mass is 9.82. The fourth-order valence-corrected chi connectivity index (χ4v) is 5.75. The van der Waals surface area contributed by atoms with E-state index in [1.165, 1.54) is 16.7 Å². The lowest BCUT2D eigenvalue weighted by Gasteiger charge is -2.27. The van der Waals surface area contributed by atoms with Gasteiger partial charge in [0.25, 0.3) is 5.56 Å². The van der Waals surface area contributed by atoms with Crippen molar-refractivity contribution >= 4 is 11.7 Å². The van der Waals surface area contributed by atoms with Gasteiger partial charge in [-0.3, -0.25) is 4.79 Å². The fraction of sp³-hybridized carbons (Fsp3) is 0.472. The SMILES string of the molecule is C=C(/C=C/CCCc1cccn(Cc2nc3c(n2C(=O)OC(C)(C)C)C(C)CC(C)=C3CC2=CC=CCC2)c1=O)N(C)C. The van der Waals surface area contributed by atoms with E-state index in [1.54, 1.807) is 15.3 Å². The van der Waals surface area contributed by atoms with Gasteiger partial charge in [0.15, 0.2) is 0 Å². The van der Waals surface area contributed by atoms with Gasteiger partial charge in [0.05, 0.1) is 17.9 Å². The minimum Gasteiger partial charge on any atom is -0.443 e. The smallest absolute Gasteiger partial charge is 0.420 e. The van der Waals surface area contributed by atoms with E-state index in [4.69, 9.17) is 9.72 Å². The third kappa shape index (κ3) is 7.95. The number of rotatable bonds is 10. The topological polar surface area (TPSA) is 69.4 Å². The molecule has 0 fully saturated rings. The van der Waals surface area contributed by atoms with Crippen molar-refractivity contribution in [2.75, 3.05) is 14.1 Å². The Kier molecular flexibility index (Phi) is 10.2. The predicted molar refractivity (Wildman–Crippen MR) is 175 cm³/mol. The van der Waals surface area contributed by atoms with Crippen LogP contribution in [0, 0.1) is 0 Å². The van der Waals surface area contributed by atoms with Crippen LogP contribution in [0.25, 0.3) is 5.57 Å². The Morgan fingerprint density at radius 2 is 2.05 bits per heavy atom. The first kappa shape index (κ1) is 32.1. The van der Waals surface area contributed by atoms with Crippen molar-refractivity contribution in [2.24, 2.45) is 0 Å². The van der Waals surface area contributed by atoms with E-state index in [1.807, 2.05) is 58.0 Å². The Balaban J connectivity index is 1.67. The normalized spacial score (nSPS) is 16.8. The number of ether oxygens (including phenoxy) is 1. The number of carbonyl (C=O) groups is 1. The summed E-state index contributed by atoms with van der Waals surface area (Å²) in [6.45, 7) is 14.1. The monoisotopic (exact) mass is 584 g/mol. The largest absolute Gasteiger partial charge is 0.443 e. The molecule has 2 aromatic rings. The number of likely N-dealkylation sites (N-methyl/N-ethyl adjacent to an activating group) is 1. The summed E-state index contributed by atoms with van der Waals surface area (Å²) in [4.78, 5) is 34.4. The van der Waals surface area contributed by atoms with Gasteiger partial charge in [0.2, 0.25) is 0 Å². The maximum atomic E-state index is 13.7. The van der Waals surface area contributed by atoms with Crippen LogP contribution in [0.2, 0.25) is 0 Å². The summed E-state index contributed by atoms with van der Waals surface area (Å²) < 4.78 is 9.21. The summed E-state index contributed by atoms with van der Waals surface area (Å²) in [6, 6.07) is 3.80. The molecule has 7 heteroatoms. The van der Waals surface area contributed by atoms with E-state index >= 15 is 0 Å². The molecule has 2 aliphatic carbocycles. The van der Waals surface area contributed by atoms with E-state index in [-0.39, 0.29) is 18.0 Å². The Bertz CT molecular complexity index is 1540. The van der Waals surface area contributed by atoms with Crippen LogP contribution < -0.4 is 5.56 Å². The number of imidazole rings is 1. The molecule has 2 aliphatic rings. The Morgan fingerprint density at radius 3 is 2.72 bits per heavy atom. The van der Waals surface area contributed by atoms with Crippen LogP contribution in [0.1, 0.15) is 102 Å². The van der Waals surface area contributed by atoms with Gasteiger partial charge in [-0.15, -0.1) is 0 Å². The molecule has 0 amide bonds. The predicted octanol–water partition coefficient (Wildman–Crippen LogP) is 7.78. The number of pyridine rings is 1. The maximum Gasteiger partial charge on any atom is 0.420 e. The molecule has 0 spiro atoms. The van der Waals surface area contributed by atoms with Crippen molar-refractivity contribution in [3.05, 3.63) is 105 Å². The highest BCUT2D eigenvalue weighted by molar-refractivity contribution is 5.79. The number of allylic oxidation sites excluding steroid dienone is 8. The molecule has 230 valence electrons. The van der Waals surface area contributed by atoms with E-state index in [9.17, 15) is 9.59 Å². The Labute approximate surface area is 257 Å². The van der Waals surface area contributed by atoms with Gasteiger partial charge in [-0.1, -0.05) is 55.0 Å². The van der Waals surface area contributed by atoms with E-state index in [0.717, 1.165) is 61.2 Å². The van der Waals surface area contributed by atoms with Crippen LogP contribution in [-0.4, -0.2) is 44.8 Å². The van der Waals surface area contributed by atoms with E-state index in [2.05, 4.69) is 44.7 Å². The second-order valence-electron chi connectivity index (χ2n) is 13.1. The van der Waals surface area contributed by atoms with Crippen LogP contribution in [0.4, 0.5) is 4.79 Å². The molecule has 0 saturated carbocycles. The molecule has 1 atom stereocenters. The third-order valence-electron chi connectivity index (χ3n) is 8.06. The summed E-state index contributed by atoms with van der Waals surface area (Å²) in [6.07, 6.45) is 18.1. The minimum absolute atomic E-state index is 0.0555. The zero-order chi connectivity index (χ0) is 31.3. The van der Waals surface area contributed by atoms with Gasteiger partial charge < -0.3 is 14.2 Å². The number of hydrogen-bond donors (Lipinski definition) is 0. The Hall–Kier alpha value is -3.87. The van der Waals surface area contributed by atoms with Crippen LogP contribution in [0.5, 0.6) is 0 Å². The molecule has 7 nitrogen and oxygen atoms in total. The number of hydrogen-bond acceptors (Lipinski definition) is 5. The quantitative estimate of drug-likeness (QED) is 0.211. The highest BCUT2D eigenvalue weighted by atomic mass is 16.6. The fourth-order valence-electron chi connectivity index (χ4n) is 5.75. The van der Waals surface area contributed by atoms with E-state index < -0.39 is 11.7 Å². The van der Waals surface area contributed by atoms with Crippen LogP contribution in [0.15, 0.2) is 76.9 Å². The van der Waals surface area contributed by atoms with Gasteiger partial charge >= 0.3 is 6.09 Å². The zero-order valence-corrected chi connectivity index (χ0v) is 27.1.